The summed E-state index contributed by atoms with van der Waals surface area (Å²) in [4.78, 5) is 0. The number of nitrogens with zero attached hydrogens (tertiary/aromatic N) is 1. The van der Waals surface area contributed by atoms with Crippen LogP contribution < -0.4 is 15.9 Å². The van der Waals surface area contributed by atoms with Gasteiger partial charge in [-0.05, 0) is 41.5 Å². The second kappa shape index (κ2) is 7.46. The molecule has 0 spiro atoms. The Balaban J connectivity index is 2.04. The molecule has 0 radical (unpaired) electrons. The molecule has 114 valence electrons. The molecule has 0 heterocycles. The lowest BCUT2D eigenvalue weighted by Crippen LogP contribution is -2.23. The summed E-state index contributed by atoms with van der Waals surface area (Å²) in [6.07, 6.45) is 1.52. The molecule has 7 heteroatoms. The number of ether oxygens (including phenoxy) is 1. The number of hydrogen-bond acceptors (Lipinski definition) is 3. The van der Waals surface area contributed by atoms with Crippen LogP contribution in [-0.2, 0) is 6.61 Å². The fourth-order valence-corrected chi connectivity index (χ4v) is 1.76. The highest BCUT2D eigenvalue weighted by molar-refractivity contribution is 7.80. The average Bonchev–Trinajstić information content (AvgIpc) is 2.47. The van der Waals surface area contributed by atoms with E-state index in [1.54, 1.807) is 24.3 Å². The van der Waals surface area contributed by atoms with Crippen molar-refractivity contribution >= 4 is 23.5 Å². The lowest BCUT2D eigenvalue weighted by molar-refractivity contribution is 0.274. The van der Waals surface area contributed by atoms with Crippen LogP contribution in [0, 0.1) is 11.6 Å². The second-order valence-corrected chi connectivity index (χ2v) is 4.76. The first kappa shape index (κ1) is 15.8. The minimum Gasteiger partial charge on any atom is -0.483 e. The number of nitrogens with two attached hydrogens (primary N) is 1. The number of nitrogens with one attached hydrogen (secondary N) is 1. The molecule has 0 bridgehead atoms. The van der Waals surface area contributed by atoms with E-state index in [1.807, 2.05) is 0 Å². The maximum atomic E-state index is 13.5. The van der Waals surface area contributed by atoms with Crippen LogP contribution in [0.15, 0.2) is 47.6 Å². The van der Waals surface area contributed by atoms with Crippen LogP contribution in [0.25, 0.3) is 0 Å². The quantitative estimate of drug-likeness (QED) is 0.505. The molecule has 0 aliphatic carbocycles. The fourth-order valence-electron chi connectivity index (χ4n) is 1.71. The Bertz CT molecular complexity index is 687. The number of thiocarbonyl (C=S) groups is 1. The molecule has 0 atom stereocenters. The summed E-state index contributed by atoms with van der Waals surface area (Å²) >= 11 is 4.62. The first-order chi connectivity index (χ1) is 10.6. The zero-order valence-electron chi connectivity index (χ0n) is 11.4. The predicted molar refractivity (Wildman–Crippen MR) is 84.6 cm³/mol. The van der Waals surface area contributed by atoms with Gasteiger partial charge in [-0.25, -0.2) is 8.78 Å². The van der Waals surface area contributed by atoms with Gasteiger partial charge in [0.25, 0.3) is 0 Å². The van der Waals surface area contributed by atoms with Crippen molar-refractivity contribution in [1.29, 1.82) is 0 Å². The van der Waals surface area contributed by atoms with Gasteiger partial charge in [0.05, 0.1) is 6.21 Å². The monoisotopic (exact) mass is 321 g/mol. The highest BCUT2D eigenvalue weighted by Crippen LogP contribution is 2.22. The minimum atomic E-state index is -0.738. The van der Waals surface area contributed by atoms with Gasteiger partial charge in [-0.3, -0.25) is 5.43 Å². The van der Waals surface area contributed by atoms with E-state index in [-0.39, 0.29) is 11.7 Å². The number of rotatable bonds is 5. The lowest BCUT2D eigenvalue weighted by atomic mass is 10.1. The van der Waals surface area contributed by atoms with E-state index in [2.05, 4.69) is 22.7 Å². The van der Waals surface area contributed by atoms with Gasteiger partial charge >= 0.3 is 0 Å². The van der Waals surface area contributed by atoms with Gasteiger partial charge in [-0.1, -0.05) is 24.3 Å². The van der Waals surface area contributed by atoms with E-state index < -0.39 is 17.4 Å². The summed E-state index contributed by atoms with van der Waals surface area (Å²) < 4.78 is 32.1. The summed E-state index contributed by atoms with van der Waals surface area (Å²) in [6.45, 7) is 0.0300. The normalized spacial score (nSPS) is 10.6. The molecule has 2 aromatic rings. The number of hydrogen-bond donors (Lipinski definition) is 2. The minimum absolute atomic E-state index is 0.0300. The lowest BCUT2D eigenvalue weighted by Gasteiger charge is -2.08. The number of halogens is 2. The molecule has 22 heavy (non-hydrogen) atoms. The number of para-hydroxylation sites is 1. The standard InChI is InChI=1S/C15H13F2N3OS/c16-12-5-2-6-13(17)14(12)21-9-11-4-1-3-10(7-11)8-19-20-15(18)22/h1-8H,9H2,(H3,18,20,22). The van der Waals surface area contributed by atoms with Gasteiger partial charge < -0.3 is 10.5 Å². The molecule has 3 N–H and O–H groups in total. The molecule has 0 fully saturated rings. The fraction of sp³-hybridized carbons (Fsp3) is 0.0667. The van der Waals surface area contributed by atoms with E-state index in [0.29, 0.717) is 0 Å². The molecule has 0 aliphatic rings. The maximum Gasteiger partial charge on any atom is 0.191 e. The molecule has 0 amide bonds. The summed E-state index contributed by atoms with van der Waals surface area (Å²) in [7, 11) is 0. The van der Waals surface area contributed by atoms with Crippen molar-refractivity contribution in [2.45, 2.75) is 6.61 Å². The molecule has 2 aromatic carbocycles. The van der Waals surface area contributed by atoms with Crippen molar-refractivity contribution in [2.75, 3.05) is 0 Å². The van der Waals surface area contributed by atoms with Crippen LogP contribution in [0.5, 0.6) is 5.75 Å². The summed E-state index contributed by atoms with van der Waals surface area (Å²) in [5, 5.41) is 3.89. The molecule has 0 saturated carbocycles. The van der Waals surface area contributed by atoms with Crippen LogP contribution in [0.1, 0.15) is 11.1 Å². The molecule has 0 saturated heterocycles. The van der Waals surface area contributed by atoms with Crippen molar-refractivity contribution in [2.24, 2.45) is 10.8 Å². The van der Waals surface area contributed by atoms with Gasteiger partial charge in [0.2, 0.25) is 0 Å². The second-order valence-electron chi connectivity index (χ2n) is 4.32. The van der Waals surface area contributed by atoms with E-state index in [9.17, 15) is 8.78 Å². The van der Waals surface area contributed by atoms with Crippen LogP contribution in [0.4, 0.5) is 8.78 Å². The van der Waals surface area contributed by atoms with E-state index in [0.717, 1.165) is 23.3 Å². The Labute approximate surface area is 131 Å². The van der Waals surface area contributed by atoms with Crippen LogP contribution in [-0.4, -0.2) is 11.3 Å². The number of hydrazone groups is 1. The number of benzene rings is 2. The first-order valence-corrected chi connectivity index (χ1v) is 6.71. The molecular formula is C15H13F2N3OS. The van der Waals surface area contributed by atoms with Crippen LogP contribution in [0.2, 0.25) is 0 Å². The van der Waals surface area contributed by atoms with Gasteiger partial charge in [-0.2, -0.15) is 5.10 Å². The molecular weight excluding hydrogens is 308 g/mol. The average molecular weight is 321 g/mol. The summed E-state index contributed by atoms with van der Waals surface area (Å²) in [5.41, 5.74) is 9.18. The smallest absolute Gasteiger partial charge is 0.191 e. The topological polar surface area (TPSA) is 59.6 Å². The van der Waals surface area contributed by atoms with E-state index in [1.165, 1.54) is 12.3 Å². The largest absolute Gasteiger partial charge is 0.483 e. The Morgan fingerprint density at radius 3 is 2.59 bits per heavy atom. The zero-order chi connectivity index (χ0) is 15.9. The summed E-state index contributed by atoms with van der Waals surface area (Å²) in [5.74, 6) is -1.87. The highest BCUT2D eigenvalue weighted by atomic mass is 32.1. The Hall–Kier alpha value is -2.54. The molecule has 2 rings (SSSR count). The van der Waals surface area contributed by atoms with Gasteiger partial charge in [0.15, 0.2) is 22.5 Å². The third kappa shape index (κ3) is 4.49. The highest BCUT2D eigenvalue weighted by Gasteiger charge is 2.09. The zero-order valence-corrected chi connectivity index (χ0v) is 12.2. The van der Waals surface area contributed by atoms with E-state index in [4.69, 9.17) is 10.5 Å². The molecule has 0 aromatic heterocycles. The Kier molecular flexibility index (Phi) is 5.37. The Morgan fingerprint density at radius 2 is 1.91 bits per heavy atom. The van der Waals surface area contributed by atoms with Crippen LogP contribution >= 0.6 is 12.2 Å². The van der Waals surface area contributed by atoms with Crippen molar-refractivity contribution in [1.82, 2.24) is 5.43 Å². The van der Waals surface area contributed by atoms with Crippen molar-refractivity contribution < 1.29 is 13.5 Å². The molecule has 0 unspecified atom stereocenters. The predicted octanol–water partition coefficient (Wildman–Crippen LogP) is 2.71. The van der Waals surface area contributed by atoms with Gasteiger partial charge in [0.1, 0.15) is 6.61 Å². The third-order valence-corrected chi connectivity index (χ3v) is 2.73. The van der Waals surface area contributed by atoms with Crippen molar-refractivity contribution in [3.8, 4) is 5.75 Å². The first-order valence-electron chi connectivity index (χ1n) is 6.30. The van der Waals surface area contributed by atoms with Crippen molar-refractivity contribution in [3.63, 3.8) is 0 Å². The summed E-state index contributed by atoms with van der Waals surface area (Å²) in [6, 6.07) is 10.7. The Morgan fingerprint density at radius 1 is 1.23 bits per heavy atom. The van der Waals surface area contributed by atoms with Crippen LogP contribution in [0.3, 0.4) is 0 Å². The van der Waals surface area contributed by atoms with Gasteiger partial charge in [-0.15, -0.1) is 0 Å². The van der Waals surface area contributed by atoms with Gasteiger partial charge in [0, 0.05) is 0 Å². The molecule has 0 aliphatic heterocycles. The SMILES string of the molecule is NC(=S)NN=Cc1cccc(COc2c(F)cccc2F)c1. The van der Waals surface area contributed by atoms with E-state index >= 15 is 0 Å². The molecule has 4 nitrogen and oxygen atoms in total. The maximum absolute atomic E-state index is 13.5. The van der Waals surface area contributed by atoms with Crippen molar-refractivity contribution in [3.05, 3.63) is 65.2 Å². The third-order valence-electron chi connectivity index (χ3n) is 2.64.